The SMILES string of the molecule is CC(Nc1ccc(C#N)cc1S(C)(=O)=O)c1cc2cc(Cl)ccc2[nH]c1=O. The lowest BCUT2D eigenvalue weighted by molar-refractivity contribution is 0.602. The maximum atomic E-state index is 12.4. The van der Waals surface area contributed by atoms with Crippen molar-refractivity contribution >= 4 is 38.0 Å². The molecule has 1 unspecified atom stereocenters. The number of pyridine rings is 1. The fourth-order valence-electron chi connectivity index (χ4n) is 2.84. The van der Waals surface area contributed by atoms with E-state index in [1.807, 2.05) is 6.07 Å². The number of nitrogens with zero attached hydrogens (tertiary/aromatic N) is 1. The van der Waals surface area contributed by atoms with Gasteiger partial charge in [-0.05, 0) is 49.4 Å². The van der Waals surface area contributed by atoms with Crippen LogP contribution in [0.5, 0.6) is 0 Å². The molecule has 0 saturated carbocycles. The number of hydrogen-bond donors (Lipinski definition) is 2. The maximum Gasteiger partial charge on any atom is 0.253 e. The molecule has 0 spiro atoms. The molecule has 3 aromatic rings. The van der Waals surface area contributed by atoms with Gasteiger partial charge in [0.25, 0.3) is 5.56 Å². The van der Waals surface area contributed by atoms with Gasteiger partial charge in [0, 0.05) is 27.7 Å². The minimum absolute atomic E-state index is 0.00802. The van der Waals surface area contributed by atoms with Crippen molar-refractivity contribution in [3.05, 3.63) is 69.0 Å². The van der Waals surface area contributed by atoms with E-state index in [0.29, 0.717) is 21.8 Å². The summed E-state index contributed by atoms with van der Waals surface area (Å²) in [7, 11) is -3.56. The Morgan fingerprint density at radius 1 is 1.19 bits per heavy atom. The van der Waals surface area contributed by atoms with E-state index < -0.39 is 15.9 Å². The summed E-state index contributed by atoms with van der Waals surface area (Å²) in [5.41, 5.74) is 1.39. The van der Waals surface area contributed by atoms with E-state index in [9.17, 15) is 13.2 Å². The Morgan fingerprint density at radius 2 is 1.93 bits per heavy atom. The Balaban J connectivity index is 2.05. The van der Waals surface area contributed by atoms with Crippen LogP contribution in [-0.4, -0.2) is 19.7 Å². The van der Waals surface area contributed by atoms with E-state index in [4.69, 9.17) is 16.9 Å². The molecular formula is C19H16ClN3O3S. The molecule has 0 aliphatic carbocycles. The van der Waals surface area contributed by atoms with Crippen LogP contribution in [0.2, 0.25) is 5.02 Å². The summed E-state index contributed by atoms with van der Waals surface area (Å²) in [4.78, 5) is 15.3. The van der Waals surface area contributed by atoms with Crippen LogP contribution in [0.25, 0.3) is 10.9 Å². The molecule has 0 saturated heterocycles. The highest BCUT2D eigenvalue weighted by atomic mass is 35.5. The number of fused-ring (bicyclic) bond motifs is 1. The van der Waals surface area contributed by atoms with Crippen molar-refractivity contribution in [3.8, 4) is 6.07 Å². The van der Waals surface area contributed by atoms with Gasteiger partial charge in [0.2, 0.25) is 0 Å². The molecule has 3 rings (SSSR count). The number of aromatic amines is 1. The fraction of sp³-hybridized carbons (Fsp3) is 0.158. The second kappa shape index (κ2) is 7.06. The quantitative estimate of drug-likeness (QED) is 0.694. The lowest BCUT2D eigenvalue weighted by Crippen LogP contribution is -2.20. The summed E-state index contributed by atoms with van der Waals surface area (Å²) >= 11 is 6.02. The number of benzene rings is 2. The van der Waals surface area contributed by atoms with Crippen LogP contribution in [0, 0.1) is 11.3 Å². The highest BCUT2D eigenvalue weighted by Crippen LogP contribution is 2.27. The van der Waals surface area contributed by atoms with E-state index in [1.54, 1.807) is 31.2 Å². The van der Waals surface area contributed by atoms with Gasteiger partial charge in [-0.25, -0.2) is 8.42 Å². The Bertz CT molecular complexity index is 1240. The van der Waals surface area contributed by atoms with Gasteiger partial charge in [-0.15, -0.1) is 0 Å². The number of hydrogen-bond acceptors (Lipinski definition) is 5. The highest BCUT2D eigenvalue weighted by Gasteiger charge is 2.18. The molecule has 0 aliphatic heterocycles. The highest BCUT2D eigenvalue weighted by molar-refractivity contribution is 7.90. The molecule has 1 aromatic heterocycles. The lowest BCUT2D eigenvalue weighted by Gasteiger charge is -2.18. The summed E-state index contributed by atoms with van der Waals surface area (Å²) in [6.07, 6.45) is 1.07. The zero-order valence-corrected chi connectivity index (χ0v) is 16.1. The van der Waals surface area contributed by atoms with Crippen LogP contribution in [0.1, 0.15) is 24.1 Å². The minimum Gasteiger partial charge on any atom is -0.377 e. The van der Waals surface area contributed by atoms with Crippen molar-refractivity contribution in [1.82, 2.24) is 4.98 Å². The average Bonchev–Trinajstić information content (AvgIpc) is 2.60. The first-order valence-electron chi connectivity index (χ1n) is 8.02. The zero-order chi connectivity index (χ0) is 19.8. The number of sulfone groups is 1. The number of aromatic nitrogens is 1. The lowest BCUT2D eigenvalue weighted by atomic mass is 10.1. The van der Waals surface area contributed by atoms with E-state index in [-0.39, 0.29) is 16.0 Å². The van der Waals surface area contributed by atoms with Crippen molar-refractivity contribution in [2.75, 3.05) is 11.6 Å². The first-order valence-corrected chi connectivity index (χ1v) is 10.3. The molecule has 0 fully saturated rings. The van der Waals surface area contributed by atoms with Gasteiger partial charge in [0.1, 0.15) is 0 Å². The van der Waals surface area contributed by atoms with Crippen molar-refractivity contribution in [1.29, 1.82) is 5.26 Å². The van der Waals surface area contributed by atoms with Crippen molar-refractivity contribution in [3.63, 3.8) is 0 Å². The van der Waals surface area contributed by atoms with Crippen LogP contribution < -0.4 is 10.9 Å². The number of rotatable bonds is 4. The van der Waals surface area contributed by atoms with Gasteiger partial charge >= 0.3 is 0 Å². The number of H-pyrrole nitrogens is 1. The molecule has 27 heavy (non-hydrogen) atoms. The Hall–Kier alpha value is -2.82. The number of anilines is 1. The molecule has 2 aromatic carbocycles. The third kappa shape index (κ3) is 3.97. The summed E-state index contributed by atoms with van der Waals surface area (Å²) in [5, 5.41) is 13.4. The zero-order valence-electron chi connectivity index (χ0n) is 14.6. The molecule has 0 amide bonds. The third-order valence-electron chi connectivity index (χ3n) is 4.18. The van der Waals surface area contributed by atoms with Crippen molar-refractivity contribution in [2.24, 2.45) is 0 Å². The molecule has 2 N–H and O–H groups in total. The Labute approximate surface area is 161 Å². The molecule has 0 aliphatic rings. The summed E-state index contributed by atoms with van der Waals surface area (Å²) < 4.78 is 24.2. The van der Waals surface area contributed by atoms with Gasteiger partial charge in [0.05, 0.1) is 28.3 Å². The standard InChI is InChI=1S/C19H16ClN3O3S/c1-11(15-9-13-8-14(20)4-6-16(13)23-19(15)24)22-17-5-3-12(10-21)7-18(17)27(2,25)26/h3-9,11,22H,1-2H3,(H,23,24). The van der Waals surface area contributed by atoms with Gasteiger partial charge < -0.3 is 10.3 Å². The van der Waals surface area contributed by atoms with E-state index in [1.165, 1.54) is 18.2 Å². The number of halogens is 1. The molecule has 6 nitrogen and oxygen atoms in total. The molecule has 0 radical (unpaired) electrons. The molecule has 1 heterocycles. The summed E-state index contributed by atoms with van der Waals surface area (Å²) in [5.74, 6) is 0. The minimum atomic E-state index is -3.56. The van der Waals surface area contributed by atoms with Gasteiger partial charge in [0.15, 0.2) is 9.84 Å². The third-order valence-corrected chi connectivity index (χ3v) is 5.56. The van der Waals surface area contributed by atoms with Crippen LogP contribution in [0.15, 0.2) is 52.2 Å². The Morgan fingerprint density at radius 3 is 2.59 bits per heavy atom. The monoisotopic (exact) mass is 401 g/mol. The van der Waals surface area contributed by atoms with Crippen LogP contribution in [0.3, 0.4) is 0 Å². The maximum absolute atomic E-state index is 12.4. The number of nitriles is 1. The van der Waals surface area contributed by atoms with Gasteiger partial charge in [-0.3, -0.25) is 4.79 Å². The van der Waals surface area contributed by atoms with Crippen LogP contribution in [-0.2, 0) is 9.84 Å². The smallest absolute Gasteiger partial charge is 0.253 e. The van der Waals surface area contributed by atoms with Crippen LogP contribution in [0.4, 0.5) is 5.69 Å². The summed E-state index contributed by atoms with van der Waals surface area (Å²) in [6.45, 7) is 1.76. The van der Waals surface area contributed by atoms with Crippen LogP contribution >= 0.6 is 11.6 Å². The van der Waals surface area contributed by atoms with E-state index >= 15 is 0 Å². The number of nitrogens with one attached hydrogen (secondary N) is 2. The van der Waals surface area contributed by atoms with E-state index in [0.717, 1.165) is 11.6 Å². The molecule has 138 valence electrons. The first kappa shape index (κ1) is 19.0. The molecule has 1 atom stereocenters. The molecular weight excluding hydrogens is 386 g/mol. The average molecular weight is 402 g/mol. The summed E-state index contributed by atoms with van der Waals surface area (Å²) in [6, 6.07) is 12.7. The Kier molecular flexibility index (Phi) is 4.96. The van der Waals surface area contributed by atoms with Crippen molar-refractivity contribution < 1.29 is 8.42 Å². The second-order valence-corrected chi connectivity index (χ2v) is 8.67. The van der Waals surface area contributed by atoms with Gasteiger partial charge in [-0.2, -0.15) is 5.26 Å². The first-order chi connectivity index (χ1) is 12.7. The second-order valence-electron chi connectivity index (χ2n) is 6.25. The van der Waals surface area contributed by atoms with E-state index in [2.05, 4.69) is 10.3 Å². The normalized spacial score (nSPS) is 12.5. The van der Waals surface area contributed by atoms with Gasteiger partial charge in [-0.1, -0.05) is 11.6 Å². The predicted molar refractivity (Wildman–Crippen MR) is 106 cm³/mol. The predicted octanol–water partition coefficient (Wildman–Crippen LogP) is 3.63. The topological polar surface area (TPSA) is 103 Å². The fourth-order valence-corrected chi connectivity index (χ4v) is 3.89. The van der Waals surface area contributed by atoms with Crippen molar-refractivity contribution in [2.45, 2.75) is 17.9 Å². The largest absolute Gasteiger partial charge is 0.377 e. The molecule has 0 bridgehead atoms. The molecule has 8 heteroatoms.